The third-order valence-corrected chi connectivity index (χ3v) is 5.41. The highest BCUT2D eigenvalue weighted by Gasteiger charge is 2.21. The second kappa shape index (κ2) is 4.95. The smallest absolute Gasteiger partial charge is 0.167 e. The Labute approximate surface area is 148 Å². The lowest BCUT2D eigenvalue weighted by molar-refractivity contribution is 0.423. The highest BCUT2D eigenvalue weighted by atomic mass is 79.9. The van der Waals surface area contributed by atoms with Gasteiger partial charge in [-0.3, -0.25) is 0 Å². The lowest BCUT2D eigenvalue weighted by Crippen LogP contribution is -1.87. The molecule has 5 rings (SSSR count). The van der Waals surface area contributed by atoms with Crippen molar-refractivity contribution in [2.45, 2.75) is 0 Å². The first-order valence-electron chi connectivity index (χ1n) is 7.66. The van der Waals surface area contributed by atoms with E-state index in [4.69, 9.17) is 4.74 Å². The van der Waals surface area contributed by atoms with Crippen LogP contribution in [0.2, 0.25) is 0 Å². The molecular weight excluding hydrogens is 390 g/mol. The molecule has 0 amide bonds. The van der Waals surface area contributed by atoms with Gasteiger partial charge in [-0.05, 0) is 52.3 Å². The predicted octanol–water partition coefficient (Wildman–Crippen LogP) is 6.00. The van der Waals surface area contributed by atoms with E-state index in [1.165, 1.54) is 24.3 Å². The minimum atomic E-state index is -0.315. The summed E-state index contributed by atoms with van der Waals surface area (Å²) in [7, 11) is 1.58. The van der Waals surface area contributed by atoms with E-state index < -0.39 is 0 Å². The van der Waals surface area contributed by atoms with Crippen molar-refractivity contribution >= 4 is 59.5 Å². The van der Waals surface area contributed by atoms with E-state index in [0.29, 0.717) is 5.75 Å². The van der Waals surface area contributed by atoms with Crippen molar-refractivity contribution < 1.29 is 13.5 Å². The van der Waals surface area contributed by atoms with Gasteiger partial charge in [0.05, 0.1) is 18.1 Å². The maximum Gasteiger partial charge on any atom is 0.167 e. The van der Waals surface area contributed by atoms with Crippen LogP contribution in [0.5, 0.6) is 5.75 Å². The van der Waals surface area contributed by atoms with Gasteiger partial charge in [-0.15, -0.1) is 0 Å². The van der Waals surface area contributed by atoms with Crippen LogP contribution in [-0.4, -0.2) is 17.1 Å². The van der Waals surface area contributed by atoms with Crippen LogP contribution in [0, 0.1) is 11.6 Å². The second-order valence-electron chi connectivity index (χ2n) is 5.98. The van der Waals surface area contributed by atoms with Gasteiger partial charge in [0.15, 0.2) is 5.75 Å². The number of benzene rings is 3. The maximum absolute atomic E-state index is 13.8. The summed E-state index contributed by atoms with van der Waals surface area (Å²) in [6.45, 7) is 0. The van der Waals surface area contributed by atoms with Crippen molar-refractivity contribution in [2.24, 2.45) is 0 Å². The summed E-state index contributed by atoms with van der Waals surface area (Å²) < 4.78 is 34.0. The molecule has 0 unspecified atom stereocenters. The highest BCUT2D eigenvalue weighted by molar-refractivity contribution is 9.10. The summed E-state index contributed by atoms with van der Waals surface area (Å²) in [5.74, 6) is -0.0184. The number of methoxy groups -OCH3 is 1. The van der Waals surface area contributed by atoms with Crippen LogP contribution >= 0.6 is 15.9 Å². The standard InChI is InChI=1S/C19H11BrF2N2O/c1-25-19-17-14(10-6-8(21)2-4-12(10)23-17)16(20)15-11-7-9(22)3-5-13(11)24-18(15)19/h2-7,23-24H,1H3. The summed E-state index contributed by atoms with van der Waals surface area (Å²) in [5.41, 5.74) is 3.13. The van der Waals surface area contributed by atoms with Gasteiger partial charge in [-0.25, -0.2) is 8.78 Å². The number of rotatable bonds is 1. The number of nitrogens with one attached hydrogen (secondary N) is 2. The van der Waals surface area contributed by atoms with Crippen LogP contribution in [-0.2, 0) is 0 Å². The summed E-state index contributed by atoms with van der Waals surface area (Å²) in [6, 6.07) is 9.19. The fourth-order valence-electron chi connectivity index (χ4n) is 3.58. The van der Waals surface area contributed by atoms with Crippen molar-refractivity contribution in [3.8, 4) is 5.75 Å². The Morgan fingerprint density at radius 1 is 0.840 bits per heavy atom. The van der Waals surface area contributed by atoms with E-state index in [1.54, 1.807) is 19.2 Å². The molecule has 25 heavy (non-hydrogen) atoms. The number of ether oxygens (including phenoxy) is 1. The lowest BCUT2D eigenvalue weighted by Gasteiger charge is -2.07. The van der Waals surface area contributed by atoms with Crippen molar-refractivity contribution in [1.82, 2.24) is 9.97 Å². The average molecular weight is 401 g/mol. The lowest BCUT2D eigenvalue weighted by atomic mass is 10.1. The Bertz CT molecular complexity index is 1220. The number of fused-ring (bicyclic) bond motifs is 6. The van der Waals surface area contributed by atoms with Gasteiger partial charge < -0.3 is 14.7 Å². The zero-order chi connectivity index (χ0) is 17.3. The number of H-pyrrole nitrogens is 2. The fraction of sp³-hybridized carbons (Fsp3) is 0.0526. The van der Waals surface area contributed by atoms with Crippen LogP contribution in [0.3, 0.4) is 0 Å². The Kier molecular flexibility index (Phi) is 2.92. The van der Waals surface area contributed by atoms with E-state index in [1.807, 2.05) is 0 Å². The normalized spacial score (nSPS) is 12.0. The number of aromatic nitrogens is 2. The molecule has 0 saturated carbocycles. The van der Waals surface area contributed by atoms with Crippen LogP contribution in [0.1, 0.15) is 0 Å². The number of aromatic amines is 2. The number of hydrogen-bond acceptors (Lipinski definition) is 1. The van der Waals surface area contributed by atoms with E-state index in [9.17, 15) is 8.78 Å². The number of hydrogen-bond donors (Lipinski definition) is 2. The third kappa shape index (κ3) is 1.88. The summed E-state index contributed by atoms with van der Waals surface area (Å²) in [4.78, 5) is 6.60. The summed E-state index contributed by atoms with van der Waals surface area (Å²) in [5, 5.41) is 3.11. The van der Waals surface area contributed by atoms with Gasteiger partial charge in [-0.2, -0.15) is 0 Å². The molecule has 2 heterocycles. The highest BCUT2D eigenvalue weighted by Crippen LogP contribution is 2.46. The molecule has 5 aromatic rings. The zero-order valence-electron chi connectivity index (χ0n) is 13.0. The monoisotopic (exact) mass is 400 g/mol. The van der Waals surface area contributed by atoms with Gasteiger partial charge in [0, 0.05) is 37.1 Å². The molecule has 6 heteroatoms. The molecular formula is C19H11BrF2N2O. The van der Waals surface area contributed by atoms with E-state index in [2.05, 4.69) is 25.9 Å². The quantitative estimate of drug-likeness (QED) is 0.355. The van der Waals surface area contributed by atoms with E-state index >= 15 is 0 Å². The van der Waals surface area contributed by atoms with Crippen LogP contribution in [0.15, 0.2) is 40.9 Å². The summed E-state index contributed by atoms with van der Waals surface area (Å²) in [6.07, 6.45) is 0. The molecule has 3 nitrogen and oxygen atoms in total. The Morgan fingerprint density at radius 3 is 1.76 bits per heavy atom. The molecule has 0 atom stereocenters. The molecule has 0 aliphatic rings. The zero-order valence-corrected chi connectivity index (χ0v) is 14.6. The number of halogens is 3. The Hall–Kier alpha value is -2.60. The van der Waals surface area contributed by atoms with Crippen LogP contribution in [0.25, 0.3) is 43.6 Å². The molecule has 0 spiro atoms. The molecule has 0 aliphatic heterocycles. The predicted molar refractivity (Wildman–Crippen MR) is 99.3 cm³/mol. The third-order valence-electron chi connectivity index (χ3n) is 4.62. The van der Waals surface area contributed by atoms with Gasteiger partial charge >= 0.3 is 0 Å². The minimum absolute atomic E-state index is 0.315. The molecule has 3 aromatic carbocycles. The molecule has 0 bridgehead atoms. The Balaban J connectivity index is 2.12. The molecule has 0 radical (unpaired) electrons. The van der Waals surface area contributed by atoms with Gasteiger partial charge in [0.1, 0.15) is 11.6 Å². The topological polar surface area (TPSA) is 40.8 Å². The minimum Gasteiger partial charge on any atom is -0.492 e. The van der Waals surface area contributed by atoms with E-state index in [0.717, 1.165) is 48.1 Å². The maximum atomic E-state index is 13.8. The van der Waals surface area contributed by atoms with Crippen molar-refractivity contribution in [3.05, 3.63) is 52.5 Å². The largest absolute Gasteiger partial charge is 0.492 e. The molecule has 2 N–H and O–H groups in total. The molecule has 124 valence electrons. The first-order valence-corrected chi connectivity index (χ1v) is 8.45. The first-order chi connectivity index (χ1) is 12.1. The van der Waals surface area contributed by atoms with Crippen molar-refractivity contribution in [2.75, 3.05) is 7.11 Å². The van der Waals surface area contributed by atoms with Crippen molar-refractivity contribution in [1.29, 1.82) is 0 Å². The average Bonchev–Trinajstić information content (AvgIpc) is 3.13. The van der Waals surface area contributed by atoms with Gasteiger partial charge in [0.2, 0.25) is 0 Å². The first kappa shape index (κ1) is 14.7. The fourth-order valence-corrected chi connectivity index (χ4v) is 4.40. The second-order valence-corrected chi connectivity index (χ2v) is 6.77. The Morgan fingerprint density at radius 2 is 1.32 bits per heavy atom. The van der Waals surface area contributed by atoms with Crippen LogP contribution < -0.4 is 4.74 Å². The van der Waals surface area contributed by atoms with Crippen molar-refractivity contribution in [3.63, 3.8) is 0 Å². The van der Waals surface area contributed by atoms with Crippen LogP contribution in [0.4, 0.5) is 8.78 Å². The molecule has 0 saturated heterocycles. The van der Waals surface area contributed by atoms with E-state index in [-0.39, 0.29) is 11.6 Å². The molecule has 0 aliphatic carbocycles. The van der Waals surface area contributed by atoms with Gasteiger partial charge in [0.25, 0.3) is 0 Å². The summed E-state index contributed by atoms with van der Waals surface area (Å²) >= 11 is 3.66. The SMILES string of the molecule is COc1c2[nH]c3ccc(F)cc3c2c(Br)c2c1[nH]c1ccc(F)cc12. The van der Waals surface area contributed by atoms with Gasteiger partial charge in [-0.1, -0.05) is 0 Å². The molecule has 2 aromatic heterocycles. The molecule has 0 fully saturated rings.